The molecule has 0 fully saturated rings. The first kappa shape index (κ1) is 74.9. The van der Waals surface area contributed by atoms with Crippen molar-refractivity contribution < 1.29 is 52.2 Å². The molecule has 452 valence electrons. The summed E-state index contributed by atoms with van der Waals surface area (Å²) in [6, 6.07) is 0. The van der Waals surface area contributed by atoms with E-state index in [9.17, 15) is 28.9 Å². The lowest BCUT2D eigenvalue weighted by molar-refractivity contribution is -0.161. The fourth-order valence-corrected chi connectivity index (χ4v) is 9.47. The zero-order valence-electron chi connectivity index (χ0n) is 50.1. The van der Waals surface area contributed by atoms with Gasteiger partial charge in [0.1, 0.15) is 12.7 Å². The molecular formula is C66H117O11P. The normalized spacial score (nSPS) is 13.8. The first-order valence-corrected chi connectivity index (χ1v) is 33.3. The predicted molar refractivity (Wildman–Crippen MR) is 325 cm³/mol. The second kappa shape index (κ2) is 60.0. The molecule has 0 radical (unpaired) electrons. The number of esters is 3. The number of aliphatic hydroxyl groups excluding tert-OH is 1. The van der Waals surface area contributed by atoms with Crippen LogP contribution in [-0.2, 0) is 42.2 Å². The molecular weight excluding hydrogens is 1000 g/mol. The van der Waals surface area contributed by atoms with Gasteiger partial charge >= 0.3 is 25.7 Å². The molecule has 0 aromatic heterocycles. The summed E-state index contributed by atoms with van der Waals surface area (Å²) in [4.78, 5) is 48.7. The van der Waals surface area contributed by atoms with Gasteiger partial charge in [0.2, 0.25) is 0 Å². The second-order valence-corrected chi connectivity index (χ2v) is 22.7. The number of ether oxygens (including phenoxy) is 3. The van der Waals surface area contributed by atoms with Gasteiger partial charge in [0.15, 0.2) is 6.10 Å². The summed E-state index contributed by atoms with van der Waals surface area (Å²) in [5.41, 5.74) is 0. The maximum absolute atomic E-state index is 12.9. The standard InChI is InChI=1S/C66H117O11P/c1-4-7-10-13-16-19-22-25-28-30-31-33-35-37-40-43-46-49-52-55-64(68)73-59-63(77-66(70)57-54-51-48-45-42-39-36-32-29-26-23-20-17-14-11-8-5-2)61-75-78(71,72)74-60-62(58-67)76-65(69)56-53-50-47-44-41-38-34-27-24-21-18-15-12-9-6-3/h16-21,25-29,34,62-63,67H,4-15,22-24,30-33,35-61H2,1-3H3,(H,71,72)/b19-16-,20-17-,21-18-,28-25-,29-26-,34-27-. The average Bonchev–Trinajstić information content (AvgIpc) is 3.43. The van der Waals surface area contributed by atoms with E-state index in [0.717, 1.165) is 116 Å². The van der Waals surface area contributed by atoms with Gasteiger partial charge < -0.3 is 24.2 Å². The number of hydrogen-bond donors (Lipinski definition) is 2. The van der Waals surface area contributed by atoms with E-state index in [-0.39, 0.29) is 25.9 Å². The lowest BCUT2D eigenvalue weighted by Gasteiger charge is -2.21. The minimum absolute atomic E-state index is 0.156. The molecule has 12 heteroatoms. The maximum Gasteiger partial charge on any atom is 0.472 e. The summed E-state index contributed by atoms with van der Waals surface area (Å²) >= 11 is 0. The Bertz CT molecular complexity index is 1590. The molecule has 11 nitrogen and oxygen atoms in total. The number of carbonyl (C=O) groups is 3. The molecule has 2 N–H and O–H groups in total. The molecule has 0 aliphatic heterocycles. The Morgan fingerprint density at radius 2 is 0.628 bits per heavy atom. The van der Waals surface area contributed by atoms with Crippen molar-refractivity contribution in [1.29, 1.82) is 0 Å². The predicted octanol–water partition coefficient (Wildman–Crippen LogP) is 19.3. The lowest BCUT2D eigenvalue weighted by Crippen LogP contribution is -2.30. The van der Waals surface area contributed by atoms with Gasteiger partial charge in [0.05, 0.1) is 19.8 Å². The van der Waals surface area contributed by atoms with Crippen LogP contribution in [0.15, 0.2) is 72.9 Å². The van der Waals surface area contributed by atoms with Crippen molar-refractivity contribution in [1.82, 2.24) is 0 Å². The molecule has 0 amide bonds. The zero-order chi connectivity index (χ0) is 56.9. The Kier molecular flexibility index (Phi) is 57.7. The van der Waals surface area contributed by atoms with Gasteiger partial charge in [-0.3, -0.25) is 23.4 Å². The second-order valence-electron chi connectivity index (χ2n) is 21.2. The van der Waals surface area contributed by atoms with Crippen LogP contribution < -0.4 is 0 Å². The van der Waals surface area contributed by atoms with E-state index < -0.39 is 57.8 Å². The van der Waals surface area contributed by atoms with Crippen LogP contribution in [0.3, 0.4) is 0 Å². The molecule has 78 heavy (non-hydrogen) atoms. The van der Waals surface area contributed by atoms with Crippen molar-refractivity contribution in [2.24, 2.45) is 0 Å². The van der Waals surface area contributed by atoms with Gasteiger partial charge in [-0.15, -0.1) is 0 Å². The van der Waals surface area contributed by atoms with Gasteiger partial charge in [-0.25, -0.2) is 4.57 Å². The van der Waals surface area contributed by atoms with Crippen molar-refractivity contribution in [2.75, 3.05) is 26.4 Å². The highest BCUT2D eigenvalue weighted by Gasteiger charge is 2.28. The summed E-state index contributed by atoms with van der Waals surface area (Å²) < 4.78 is 39.7. The van der Waals surface area contributed by atoms with Crippen LogP contribution in [0.4, 0.5) is 0 Å². The van der Waals surface area contributed by atoms with E-state index in [4.69, 9.17) is 23.3 Å². The number of hydrogen-bond acceptors (Lipinski definition) is 10. The number of allylic oxidation sites excluding steroid dienone is 12. The molecule has 0 aromatic carbocycles. The molecule has 0 aliphatic carbocycles. The number of phosphoric ester groups is 1. The third kappa shape index (κ3) is 57.6. The van der Waals surface area contributed by atoms with Crippen LogP contribution in [0.5, 0.6) is 0 Å². The lowest BCUT2D eigenvalue weighted by atomic mass is 10.1. The minimum atomic E-state index is -4.76. The monoisotopic (exact) mass is 1120 g/mol. The first-order chi connectivity index (χ1) is 38.2. The minimum Gasteiger partial charge on any atom is -0.462 e. The van der Waals surface area contributed by atoms with E-state index in [0.29, 0.717) is 19.3 Å². The quantitative estimate of drug-likeness (QED) is 0.0197. The maximum atomic E-state index is 12.9. The SMILES string of the molecule is CCCCC/C=C\C/C=C\CCCCCCCCCCCC(=O)OCC(COP(=O)(O)OCC(CO)OC(=O)CCCCCCC/C=C\C/C=C\CCCCC)OC(=O)CCCCCCCCC/C=C\C/C=C\CCCCC. The van der Waals surface area contributed by atoms with Gasteiger partial charge in [0, 0.05) is 19.3 Å². The van der Waals surface area contributed by atoms with E-state index in [1.807, 2.05) is 0 Å². The average molecular weight is 1120 g/mol. The van der Waals surface area contributed by atoms with E-state index in [1.165, 1.54) is 116 Å². The Morgan fingerprint density at radius 3 is 0.949 bits per heavy atom. The molecule has 3 unspecified atom stereocenters. The van der Waals surface area contributed by atoms with E-state index in [1.54, 1.807) is 0 Å². The van der Waals surface area contributed by atoms with Crippen LogP contribution in [-0.4, -0.2) is 66.5 Å². The van der Waals surface area contributed by atoms with Crippen molar-refractivity contribution in [2.45, 2.75) is 303 Å². The zero-order valence-corrected chi connectivity index (χ0v) is 51.0. The van der Waals surface area contributed by atoms with Crippen LogP contribution in [0, 0.1) is 0 Å². The number of rotatable bonds is 59. The highest BCUT2D eigenvalue weighted by molar-refractivity contribution is 7.47. The molecule has 0 aromatic rings. The highest BCUT2D eigenvalue weighted by atomic mass is 31.2. The summed E-state index contributed by atoms with van der Waals surface area (Å²) in [7, 11) is -4.76. The van der Waals surface area contributed by atoms with E-state index >= 15 is 0 Å². The Balaban J connectivity index is 4.73. The van der Waals surface area contributed by atoms with Gasteiger partial charge in [-0.1, -0.05) is 229 Å². The van der Waals surface area contributed by atoms with Crippen LogP contribution in [0.1, 0.15) is 290 Å². The molecule has 0 spiro atoms. The molecule has 0 saturated carbocycles. The Hall–Kier alpha value is -3.08. The smallest absolute Gasteiger partial charge is 0.462 e. The Morgan fingerprint density at radius 1 is 0.359 bits per heavy atom. The van der Waals surface area contributed by atoms with E-state index in [2.05, 4.69) is 93.7 Å². The van der Waals surface area contributed by atoms with Crippen LogP contribution in [0.25, 0.3) is 0 Å². The fraction of sp³-hybridized carbons (Fsp3) is 0.773. The van der Waals surface area contributed by atoms with Crippen LogP contribution in [0.2, 0.25) is 0 Å². The third-order valence-corrected chi connectivity index (χ3v) is 14.5. The summed E-state index contributed by atoms with van der Waals surface area (Å²) in [5, 5.41) is 9.84. The molecule has 0 aliphatic rings. The largest absolute Gasteiger partial charge is 0.472 e. The first-order valence-electron chi connectivity index (χ1n) is 31.8. The Labute approximate surface area is 478 Å². The van der Waals surface area contributed by atoms with Crippen molar-refractivity contribution >= 4 is 25.7 Å². The third-order valence-electron chi connectivity index (χ3n) is 13.6. The summed E-state index contributed by atoms with van der Waals surface area (Å²) in [6.07, 6.45) is 68.4. The van der Waals surface area contributed by atoms with Gasteiger partial charge in [-0.05, 0) is 116 Å². The molecule has 0 saturated heterocycles. The molecule has 3 atom stereocenters. The van der Waals surface area contributed by atoms with Crippen LogP contribution >= 0.6 is 7.82 Å². The number of aliphatic hydroxyl groups is 1. The van der Waals surface area contributed by atoms with Crippen molar-refractivity contribution in [3.05, 3.63) is 72.9 Å². The van der Waals surface area contributed by atoms with Crippen molar-refractivity contribution in [3.63, 3.8) is 0 Å². The van der Waals surface area contributed by atoms with Gasteiger partial charge in [-0.2, -0.15) is 0 Å². The highest BCUT2D eigenvalue weighted by Crippen LogP contribution is 2.43. The number of phosphoric acid groups is 1. The van der Waals surface area contributed by atoms with Gasteiger partial charge in [0.25, 0.3) is 0 Å². The van der Waals surface area contributed by atoms with Crippen molar-refractivity contribution in [3.8, 4) is 0 Å². The summed E-state index contributed by atoms with van der Waals surface area (Å²) in [5.74, 6) is -1.48. The molecule has 0 rings (SSSR count). The summed E-state index contributed by atoms with van der Waals surface area (Å²) in [6.45, 7) is 4.58. The molecule has 0 heterocycles. The number of carbonyl (C=O) groups excluding carboxylic acids is 3. The number of unbranched alkanes of at least 4 members (excludes halogenated alkanes) is 30. The topological polar surface area (TPSA) is 155 Å². The molecule has 0 bridgehead atoms. The fourth-order valence-electron chi connectivity index (χ4n) is 8.68.